The number of rotatable bonds is 4. The molecule has 17 heavy (non-hydrogen) atoms. The lowest BCUT2D eigenvalue weighted by atomic mass is 10.1. The van der Waals surface area contributed by atoms with Gasteiger partial charge in [0.15, 0.2) is 0 Å². The molecule has 1 amide bonds. The van der Waals surface area contributed by atoms with Crippen LogP contribution in [-0.4, -0.2) is 23.0 Å². The van der Waals surface area contributed by atoms with Crippen LogP contribution in [0.1, 0.15) is 24.0 Å². The van der Waals surface area contributed by atoms with Gasteiger partial charge in [-0.05, 0) is 24.0 Å². The van der Waals surface area contributed by atoms with Crippen molar-refractivity contribution in [2.24, 2.45) is 0 Å². The number of hydrogen-bond donors (Lipinski definition) is 2. The molecule has 0 radical (unpaired) electrons. The molecule has 0 bridgehead atoms. The Bertz CT molecular complexity index is 417. The van der Waals surface area contributed by atoms with Gasteiger partial charge in [0.1, 0.15) is 0 Å². The molecule has 4 heteroatoms. The highest BCUT2D eigenvalue weighted by molar-refractivity contribution is 5.80. The number of nitrogens with one attached hydrogen (secondary N) is 1. The fraction of sp³-hybridized carbons (Fsp3) is 0.385. The second-order valence-corrected chi connectivity index (χ2v) is 4.34. The number of carboxylic acids is 1. The molecular weight excluding hydrogens is 218 g/mol. The van der Waals surface area contributed by atoms with Crippen LogP contribution in [0.2, 0.25) is 0 Å². The van der Waals surface area contributed by atoms with Crippen LogP contribution in [-0.2, 0) is 22.4 Å². The molecule has 0 fully saturated rings. The molecule has 0 saturated heterocycles. The number of amides is 1. The summed E-state index contributed by atoms with van der Waals surface area (Å²) in [6.45, 7) is 0. The minimum Gasteiger partial charge on any atom is -0.481 e. The Labute approximate surface area is 99.6 Å². The van der Waals surface area contributed by atoms with E-state index in [1.165, 1.54) is 11.1 Å². The van der Waals surface area contributed by atoms with Gasteiger partial charge in [-0.2, -0.15) is 0 Å². The zero-order valence-corrected chi connectivity index (χ0v) is 9.48. The second-order valence-electron chi connectivity index (χ2n) is 4.34. The molecule has 1 aromatic carbocycles. The molecule has 0 aliphatic heterocycles. The maximum atomic E-state index is 11.5. The van der Waals surface area contributed by atoms with Crippen LogP contribution < -0.4 is 5.32 Å². The molecule has 2 N–H and O–H groups in total. The minimum atomic E-state index is -0.935. The molecule has 4 nitrogen and oxygen atoms in total. The van der Waals surface area contributed by atoms with E-state index < -0.39 is 5.97 Å². The van der Waals surface area contributed by atoms with Gasteiger partial charge in [-0.25, -0.2) is 0 Å². The summed E-state index contributed by atoms with van der Waals surface area (Å²) in [6, 6.07) is 8.24. The van der Waals surface area contributed by atoms with Crippen molar-refractivity contribution < 1.29 is 14.7 Å². The van der Waals surface area contributed by atoms with Crippen molar-refractivity contribution in [3.8, 4) is 0 Å². The van der Waals surface area contributed by atoms with E-state index in [0.29, 0.717) is 0 Å². The molecule has 0 heterocycles. The minimum absolute atomic E-state index is 0.0577. The fourth-order valence-electron chi connectivity index (χ4n) is 2.18. The monoisotopic (exact) mass is 233 g/mol. The molecular formula is C13H15NO3. The number of hydrogen-bond acceptors (Lipinski definition) is 2. The number of aliphatic carboxylic acids is 1. The average Bonchev–Trinajstić information content (AvgIpc) is 2.68. The van der Waals surface area contributed by atoms with Crippen LogP contribution in [0.4, 0.5) is 0 Å². The Morgan fingerprint density at radius 2 is 1.76 bits per heavy atom. The summed E-state index contributed by atoms with van der Waals surface area (Å²) in [5, 5.41) is 11.4. The van der Waals surface area contributed by atoms with E-state index in [0.717, 1.165) is 12.8 Å². The van der Waals surface area contributed by atoms with Crippen LogP contribution in [0.15, 0.2) is 24.3 Å². The van der Waals surface area contributed by atoms with E-state index in [1.807, 2.05) is 12.1 Å². The predicted molar refractivity (Wildman–Crippen MR) is 62.7 cm³/mol. The van der Waals surface area contributed by atoms with Gasteiger partial charge in [-0.1, -0.05) is 24.3 Å². The SMILES string of the molecule is O=C(O)CCC(=O)NC1Cc2ccccc2C1. The Morgan fingerprint density at radius 3 is 2.29 bits per heavy atom. The average molecular weight is 233 g/mol. The lowest BCUT2D eigenvalue weighted by Crippen LogP contribution is -2.35. The first-order valence-corrected chi connectivity index (χ1v) is 5.73. The molecule has 0 aromatic heterocycles. The molecule has 90 valence electrons. The summed E-state index contributed by atoms with van der Waals surface area (Å²) in [7, 11) is 0. The number of carboxylic acid groups (broad SMARTS) is 1. The summed E-state index contributed by atoms with van der Waals surface area (Å²) >= 11 is 0. The van der Waals surface area contributed by atoms with Crippen molar-refractivity contribution in [3.05, 3.63) is 35.4 Å². The molecule has 0 atom stereocenters. The largest absolute Gasteiger partial charge is 0.481 e. The number of fused-ring (bicyclic) bond motifs is 1. The van der Waals surface area contributed by atoms with E-state index in [2.05, 4.69) is 17.4 Å². The van der Waals surface area contributed by atoms with Crippen molar-refractivity contribution in [1.29, 1.82) is 0 Å². The van der Waals surface area contributed by atoms with Crippen molar-refractivity contribution in [3.63, 3.8) is 0 Å². The first-order valence-electron chi connectivity index (χ1n) is 5.73. The third kappa shape index (κ3) is 3.06. The van der Waals surface area contributed by atoms with Gasteiger partial charge in [-0.3, -0.25) is 9.59 Å². The summed E-state index contributed by atoms with van der Waals surface area (Å²) < 4.78 is 0. The summed E-state index contributed by atoms with van der Waals surface area (Å²) in [5.74, 6) is -1.11. The quantitative estimate of drug-likeness (QED) is 0.819. The first-order chi connectivity index (χ1) is 8.15. The standard InChI is InChI=1S/C13H15NO3/c15-12(5-6-13(16)17)14-11-7-9-3-1-2-4-10(9)8-11/h1-4,11H,5-8H2,(H,14,15)(H,16,17). The van der Waals surface area contributed by atoms with E-state index in [4.69, 9.17) is 5.11 Å². The highest BCUT2D eigenvalue weighted by Gasteiger charge is 2.22. The molecule has 0 spiro atoms. The molecule has 2 rings (SSSR count). The van der Waals surface area contributed by atoms with E-state index in [1.54, 1.807) is 0 Å². The van der Waals surface area contributed by atoms with Gasteiger partial charge in [0.25, 0.3) is 0 Å². The van der Waals surface area contributed by atoms with Crippen molar-refractivity contribution in [2.45, 2.75) is 31.7 Å². The normalized spacial score (nSPS) is 14.4. The second kappa shape index (κ2) is 4.99. The molecule has 1 aliphatic rings. The van der Waals surface area contributed by atoms with Gasteiger partial charge in [0.2, 0.25) is 5.91 Å². The third-order valence-corrected chi connectivity index (χ3v) is 2.98. The van der Waals surface area contributed by atoms with Gasteiger partial charge in [-0.15, -0.1) is 0 Å². The van der Waals surface area contributed by atoms with Crippen molar-refractivity contribution in [2.75, 3.05) is 0 Å². The summed E-state index contributed by atoms with van der Waals surface area (Å²) in [6.07, 6.45) is 1.64. The lowest BCUT2D eigenvalue weighted by Gasteiger charge is -2.11. The Balaban J connectivity index is 1.83. The van der Waals surface area contributed by atoms with E-state index >= 15 is 0 Å². The summed E-state index contributed by atoms with van der Waals surface area (Å²) in [4.78, 5) is 21.8. The zero-order chi connectivity index (χ0) is 12.3. The number of benzene rings is 1. The fourth-order valence-corrected chi connectivity index (χ4v) is 2.18. The number of carbonyl (C=O) groups is 2. The van der Waals surface area contributed by atoms with E-state index in [-0.39, 0.29) is 24.8 Å². The van der Waals surface area contributed by atoms with Crippen LogP contribution >= 0.6 is 0 Å². The van der Waals surface area contributed by atoms with Gasteiger partial charge in [0.05, 0.1) is 6.42 Å². The maximum absolute atomic E-state index is 11.5. The Hall–Kier alpha value is -1.84. The topological polar surface area (TPSA) is 66.4 Å². The van der Waals surface area contributed by atoms with Crippen LogP contribution in [0.3, 0.4) is 0 Å². The molecule has 1 aliphatic carbocycles. The molecule has 0 unspecified atom stereocenters. The van der Waals surface area contributed by atoms with Crippen molar-refractivity contribution in [1.82, 2.24) is 5.32 Å². The van der Waals surface area contributed by atoms with Crippen LogP contribution in [0.5, 0.6) is 0 Å². The smallest absolute Gasteiger partial charge is 0.303 e. The van der Waals surface area contributed by atoms with E-state index in [9.17, 15) is 9.59 Å². The van der Waals surface area contributed by atoms with Crippen molar-refractivity contribution >= 4 is 11.9 Å². The summed E-state index contributed by atoms with van der Waals surface area (Å²) in [5.41, 5.74) is 2.55. The predicted octanol–water partition coefficient (Wildman–Crippen LogP) is 1.13. The van der Waals surface area contributed by atoms with Gasteiger partial charge < -0.3 is 10.4 Å². The maximum Gasteiger partial charge on any atom is 0.303 e. The molecule has 1 aromatic rings. The Morgan fingerprint density at radius 1 is 1.18 bits per heavy atom. The third-order valence-electron chi connectivity index (χ3n) is 2.98. The Kier molecular flexibility index (Phi) is 3.42. The lowest BCUT2D eigenvalue weighted by molar-refractivity contribution is -0.138. The number of carbonyl (C=O) groups excluding carboxylic acids is 1. The zero-order valence-electron chi connectivity index (χ0n) is 9.48. The van der Waals surface area contributed by atoms with Crippen LogP contribution in [0, 0.1) is 0 Å². The highest BCUT2D eigenvalue weighted by Crippen LogP contribution is 2.21. The first kappa shape index (κ1) is 11.6. The van der Waals surface area contributed by atoms with Crippen LogP contribution in [0.25, 0.3) is 0 Å². The van der Waals surface area contributed by atoms with Gasteiger partial charge >= 0.3 is 5.97 Å². The highest BCUT2D eigenvalue weighted by atomic mass is 16.4. The van der Waals surface area contributed by atoms with Gasteiger partial charge in [0, 0.05) is 12.5 Å². The molecule has 0 saturated carbocycles.